The van der Waals surface area contributed by atoms with E-state index in [0.717, 1.165) is 6.42 Å². The molecule has 0 spiro atoms. The first-order valence-electron chi connectivity index (χ1n) is 17.1. The fraction of sp³-hybridized carbons (Fsp3) is 0.703. The number of hydrogen-bond donors (Lipinski definition) is 0. The predicted octanol–water partition coefficient (Wildman–Crippen LogP) is 6.28. The van der Waals surface area contributed by atoms with Gasteiger partial charge in [0.2, 0.25) is 5.60 Å². The summed E-state index contributed by atoms with van der Waals surface area (Å²) in [4.78, 5) is 39.1. The third-order valence-corrected chi connectivity index (χ3v) is 7.12. The van der Waals surface area contributed by atoms with E-state index in [1.807, 2.05) is 41.5 Å². The number of hydrogen-bond acceptors (Lipinski definition) is 12. The molecule has 1 rings (SSSR count). The Morgan fingerprint density at radius 2 is 1.00 bits per heavy atom. The predicted molar refractivity (Wildman–Crippen MR) is 184 cm³/mol. The van der Waals surface area contributed by atoms with Gasteiger partial charge >= 0.3 is 17.9 Å². The fourth-order valence-electron chi connectivity index (χ4n) is 3.84. The Hall–Kier alpha value is -3.35. The molecule has 49 heavy (non-hydrogen) atoms. The lowest BCUT2D eigenvalue weighted by atomic mass is 10.0. The normalized spacial score (nSPS) is 15.6. The van der Waals surface area contributed by atoms with E-state index in [9.17, 15) is 14.4 Å². The van der Waals surface area contributed by atoms with Crippen molar-refractivity contribution in [2.24, 2.45) is 0 Å². The summed E-state index contributed by atoms with van der Waals surface area (Å²) in [5.74, 6) is -1.12. The van der Waals surface area contributed by atoms with E-state index in [0.29, 0.717) is 0 Å². The third-order valence-electron chi connectivity index (χ3n) is 7.12. The maximum atomic E-state index is 13.2. The number of ether oxygens (including phenoxy) is 9. The molecule has 0 radical (unpaired) electrons. The second-order valence-corrected chi connectivity index (χ2v) is 13.3. The van der Waals surface area contributed by atoms with Gasteiger partial charge in [0, 0.05) is 6.08 Å². The summed E-state index contributed by atoms with van der Waals surface area (Å²) in [5, 5.41) is 0. The van der Waals surface area contributed by atoms with Gasteiger partial charge in [0.1, 0.15) is 37.1 Å². The molecule has 0 fully saturated rings. The number of allylic oxidation sites excluding steroid dienone is 5. The van der Waals surface area contributed by atoms with Crippen molar-refractivity contribution in [1.29, 1.82) is 0 Å². The van der Waals surface area contributed by atoms with Gasteiger partial charge in [-0.2, -0.15) is 0 Å². The molecular weight excluding hydrogens is 636 g/mol. The summed E-state index contributed by atoms with van der Waals surface area (Å²) < 4.78 is 51.3. The average molecular weight is 697 g/mol. The first-order chi connectivity index (χ1) is 22.8. The minimum absolute atomic E-state index is 0.00206. The Kier molecular flexibility index (Phi) is 18.7. The van der Waals surface area contributed by atoms with Crippen LogP contribution in [0.25, 0.3) is 0 Å². The van der Waals surface area contributed by atoms with Crippen LogP contribution in [-0.2, 0) is 57.0 Å². The van der Waals surface area contributed by atoms with Gasteiger partial charge in [0.15, 0.2) is 11.2 Å². The van der Waals surface area contributed by atoms with Crippen molar-refractivity contribution < 1.29 is 57.0 Å². The van der Waals surface area contributed by atoms with Crippen LogP contribution in [0, 0.1) is 0 Å². The average Bonchev–Trinajstić information content (AvgIpc) is 3.02. The van der Waals surface area contributed by atoms with Crippen LogP contribution < -0.4 is 0 Å². The standard InChI is InChI=1S/C37H60O12/c1-13-28(7)43-21-24-45-32(38)35(8,9)47-29-15-17-30(48-36(10,11)33(39)44-22-19-41-26(3)4)25-31(18-16-29)49-37(12,14-2)34(40)46-23-20-42-27(5)6/h15-18,25-28H,13-14,19-24H2,1-12H3. The summed E-state index contributed by atoms with van der Waals surface area (Å²) in [7, 11) is 0. The van der Waals surface area contributed by atoms with Gasteiger partial charge < -0.3 is 42.6 Å². The summed E-state index contributed by atoms with van der Waals surface area (Å²) in [6.45, 7) is 22.2. The maximum absolute atomic E-state index is 13.2. The first-order valence-corrected chi connectivity index (χ1v) is 17.1. The summed E-state index contributed by atoms with van der Waals surface area (Å²) >= 11 is 0. The van der Waals surface area contributed by atoms with Crippen molar-refractivity contribution in [3.05, 3.63) is 47.7 Å². The Bertz CT molecular complexity index is 1180. The molecule has 2 atom stereocenters. The van der Waals surface area contributed by atoms with Crippen LogP contribution >= 0.6 is 0 Å². The number of esters is 3. The Labute approximate surface area is 293 Å². The third kappa shape index (κ3) is 16.7. The minimum atomic E-state index is -1.42. The molecule has 0 heterocycles. The second kappa shape index (κ2) is 21.0. The Morgan fingerprint density at radius 3 is 1.47 bits per heavy atom. The van der Waals surface area contributed by atoms with Crippen LogP contribution in [0.2, 0.25) is 0 Å². The van der Waals surface area contributed by atoms with Gasteiger partial charge in [-0.1, -0.05) is 13.8 Å². The number of rotatable bonds is 23. The van der Waals surface area contributed by atoms with E-state index in [1.165, 1.54) is 0 Å². The molecule has 0 saturated carbocycles. The molecule has 0 aromatic rings. The molecule has 1 aliphatic rings. The molecule has 12 heteroatoms. The molecule has 0 amide bonds. The van der Waals surface area contributed by atoms with Gasteiger partial charge in [0.25, 0.3) is 0 Å². The van der Waals surface area contributed by atoms with Crippen LogP contribution in [0.1, 0.15) is 95.9 Å². The fourth-order valence-corrected chi connectivity index (χ4v) is 3.84. The van der Waals surface area contributed by atoms with E-state index in [4.69, 9.17) is 42.6 Å². The quantitative estimate of drug-likeness (QED) is 0.0676. The van der Waals surface area contributed by atoms with Crippen LogP contribution in [0.15, 0.2) is 47.7 Å². The first kappa shape index (κ1) is 43.7. The SMILES string of the molecule is CCC(C)OCCOC(=O)C(C)(C)OC1=CC=C(OC(C)(C)C(=O)OCCOC(C)C)C=C(OC(C)(CC)C(=O)OCCOC(C)C)C=C1. The molecule has 1 aliphatic carbocycles. The molecule has 0 bridgehead atoms. The zero-order valence-electron chi connectivity index (χ0n) is 31.7. The molecule has 0 aromatic carbocycles. The van der Waals surface area contributed by atoms with Crippen LogP contribution in [0.4, 0.5) is 0 Å². The molecule has 0 aromatic heterocycles. The molecule has 0 aliphatic heterocycles. The van der Waals surface area contributed by atoms with Crippen molar-refractivity contribution in [2.75, 3.05) is 39.6 Å². The molecular formula is C37H60O12. The van der Waals surface area contributed by atoms with Crippen molar-refractivity contribution in [3.63, 3.8) is 0 Å². The second-order valence-electron chi connectivity index (χ2n) is 13.3. The van der Waals surface area contributed by atoms with Gasteiger partial charge in [0.05, 0.1) is 38.1 Å². The van der Waals surface area contributed by atoms with Crippen molar-refractivity contribution in [2.45, 2.75) is 131 Å². The highest BCUT2D eigenvalue weighted by atomic mass is 16.6. The molecule has 12 nitrogen and oxygen atoms in total. The molecule has 0 N–H and O–H groups in total. The van der Waals surface area contributed by atoms with Crippen molar-refractivity contribution in [1.82, 2.24) is 0 Å². The van der Waals surface area contributed by atoms with Gasteiger partial charge in [-0.25, -0.2) is 14.4 Å². The highest BCUT2D eigenvalue weighted by molar-refractivity contribution is 5.80. The lowest BCUT2D eigenvalue weighted by molar-refractivity contribution is -0.168. The lowest BCUT2D eigenvalue weighted by Crippen LogP contribution is -2.40. The topological polar surface area (TPSA) is 134 Å². The van der Waals surface area contributed by atoms with Crippen LogP contribution in [0.5, 0.6) is 0 Å². The minimum Gasteiger partial charge on any atom is -0.476 e. The summed E-state index contributed by atoms with van der Waals surface area (Å²) in [5.41, 5.74) is -4.19. The largest absolute Gasteiger partial charge is 0.476 e. The summed E-state index contributed by atoms with van der Waals surface area (Å²) in [6, 6.07) is 0. The van der Waals surface area contributed by atoms with E-state index in [-0.39, 0.29) is 81.7 Å². The maximum Gasteiger partial charge on any atom is 0.350 e. The zero-order valence-corrected chi connectivity index (χ0v) is 31.7. The molecule has 0 saturated heterocycles. The van der Waals surface area contributed by atoms with Crippen molar-refractivity contribution in [3.8, 4) is 0 Å². The Balaban J connectivity index is 3.29. The van der Waals surface area contributed by atoms with Crippen LogP contribution in [-0.4, -0.2) is 92.7 Å². The van der Waals surface area contributed by atoms with E-state index in [1.54, 1.807) is 71.9 Å². The molecule has 2 unspecified atom stereocenters. The lowest BCUT2D eigenvalue weighted by Gasteiger charge is -2.29. The smallest absolute Gasteiger partial charge is 0.350 e. The van der Waals surface area contributed by atoms with Gasteiger partial charge in [-0.05, 0) is 106 Å². The van der Waals surface area contributed by atoms with E-state index in [2.05, 4.69) is 0 Å². The number of carbonyl (C=O) groups is 3. The van der Waals surface area contributed by atoms with Gasteiger partial charge in [-0.15, -0.1) is 0 Å². The highest BCUT2D eigenvalue weighted by Gasteiger charge is 2.37. The number of carbonyl (C=O) groups excluding carboxylic acids is 3. The molecule has 280 valence electrons. The zero-order chi connectivity index (χ0) is 37.3. The Morgan fingerprint density at radius 1 is 0.571 bits per heavy atom. The summed E-state index contributed by atoms with van der Waals surface area (Å²) in [6.07, 6.45) is 9.02. The monoisotopic (exact) mass is 696 g/mol. The van der Waals surface area contributed by atoms with Crippen molar-refractivity contribution >= 4 is 17.9 Å². The van der Waals surface area contributed by atoms with E-state index >= 15 is 0 Å². The van der Waals surface area contributed by atoms with Crippen LogP contribution in [0.3, 0.4) is 0 Å². The van der Waals surface area contributed by atoms with Gasteiger partial charge in [-0.3, -0.25) is 0 Å². The highest BCUT2D eigenvalue weighted by Crippen LogP contribution is 2.28. The van der Waals surface area contributed by atoms with E-state index < -0.39 is 34.7 Å².